The van der Waals surface area contributed by atoms with E-state index in [1.54, 1.807) is 13.1 Å². The monoisotopic (exact) mass is 423 g/mol. The van der Waals surface area contributed by atoms with Crippen molar-refractivity contribution in [3.8, 4) is 11.1 Å². The van der Waals surface area contributed by atoms with Gasteiger partial charge in [0.05, 0.1) is 5.69 Å². The number of amides is 1. The molecule has 0 N–H and O–H groups in total. The van der Waals surface area contributed by atoms with Crippen LogP contribution in [0.2, 0.25) is 0 Å². The Kier molecular flexibility index (Phi) is 6.84. The van der Waals surface area contributed by atoms with Crippen molar-refractivity contribution in [1.29, 1.82) is 0 Å². The van der Waals surface area contributed by atoms with Gasteiger partial charge in [-0.05, 0) is 43.2 Å². The van der Waals surface area contributed by atoms with E-state index >= 15 is 0 Å². The second-order valence-corrected chi connectivity index (χ2v) is 7.23. The zero-order chi connectivity index (χ0) is 22.5. The highest BCUT2D eigenvalue weighted by Crippen LogP contribution is 2.30. The summed E-state index contributed by atoms with van der Waals surface area (Å²) >= 11 is 0. The van der Waals surface area contributed by atoms with Gasteiger partial charge >= 0.3 is 0 Å². The van der Waals surface area contributed by atoms with Gasteiger partial charge in [-0.25, -0.2) is 8.78 Å². The molecule has 3 rings (SSSR count). The van der Waals surface area contributed by atoms with Gasteiger partial charge in [0.2, 0.25) is 5.91 Å². The van der Waals surface area contributed by atoms with Crippen LogP contribution in [0.3, 0.4) is 0 Å². The summed E-state index contributed by atoms with van der Waals surface area (Å²) in [5.41, 5.74) is 2.35. The molecule has 160 valence electrons. The number of benzene rings is 1. The van der Waals surface area contributed by atoms with E-state index in [2.05, 4.69) is 9.97 Å². The minimum Gasteiger partial charge on any atom is -0.313 e. The second kappa shape index (κ2) is 9.55. The Bertz CT molecular complexity index is 1100. The number of aromatic nitrogens is 2. The molecule has 1 aromatic carbocycles. The van der Waals surface area contributed by atoms with Crippen LogP contribution in [0.25, 0.3) is 11.1 Å². The van der Waals surface area contributed by atoms with Crippen molar-refractivity contribution in [2.24, 2.45) is 0 Å². The van der Waals surface area contributed by atoms with Gasteiger partial charge in [-0.15, -0.1) is 0 Å². The normalized spacial score (nSPS) is 10.7. The van der Waals surface area contributed by atoms with Crippen LogP contribution in [0.4, 0.5) is 14.5 Å². The SMILES string of the molecule is CCC(=O)N(C)c1ccc(-c2ccc(C(=O)CCc3ccc(C)nc3)nc2)c(F)c1F. The molecular weight excluding hydrogens is 400 g/mol. The van der Waals surface area contributed by atoms with Crippen molar-refractivity contribution in [2.45, 2.75) is 33.1 Å². The molecule has 0 fully saturated rings. The van der Waals surface area contributed by atoms with Gasteiger partial charge in [0, 0.05) is 49.1 Å². The van der Waals surface area contributed by atoms with Gasteiger partial charge in [-0.1, -0.05) is 19.1 Å². The van der Waals surface area contributed by atoms with Gasteiger partial charge in [-0.3, -0.25) is 19.6 Å². The average molecular weight is 423 g/mol. The number of halogens is 2. The Morgan fingerprint density at radius 2 is 1.74 bits per heavy atom. The number of carbonyl (C=O) groups excluding carboxylic acids is 2. The number of nitrogens with zero attached hydrogens (tertiary/aromatic N) is 3. The molecule has 3 aromatic rings. The van der Waals surface area contributed by atoms with E-state index in [1.807, 2.05) is 19.1 Å². The molecule has 0 atom stereocenters. The van der Waals surface area contributed by atoms with Gasteiger partial charge in [0.25, 0.3) is 0 Å². The third-order valence-electron chi connectivity index (χ3n) is 5.07. The number of hydrogen-bond acceptors (Lipinski definition) is 4. The summed E-state index contributed by atoms with van der Waals surface area (Å²) in [6, 6.07) is 9.61. The molecule has 7 heteroatoms. The maximum Gasteiger partial charge on any atom is 0.226 e. The first-order chi connectivity index (χ1) is 14.8. The molecule has 2 heterocycles. The highest BCUT2D eigenvalue weighted by Gasteiger charge is 2.20. The molecule has 1 amide bonds. The van der Waals surface area contributed by atoms with Gasteiger partial charge in [0.15, 0.2) is 17.4 Å². The Balaban J connectivity index is 1.74. The third kappa shape index (κ3) is 4.99. The van der Waals surface area contributed by atoms with Crippen LogP contribution >= 0.6 is 0 Å². The lowest BCUT2D eigenvalue weighted by Crippen LogP contribution is -2.26. The van der Waals surface area contributed by atoms with Crippen molar-refractivity contribution < 1.29 is 18.4 Å². The first-order valence-corrected chi connectivity index (χ1v) is 9.97. The molecule has 0 unspecified atom stereocenters. The molecule has 0 radical (unpaired) electrons. The van der Waals surface area contributed by atoms with Crippen LogP contribution in [0.1, 0.15) is 41.5 Å². The number of rotatable bonds is 7. The summed E-state index contributed by atoms with van der Waals surface area (Å²) in [6.07, 6.45) is 4.08. The van der Waals surface area contributed by atoms with E-state index in [-0.39, 0.29) is 41.5 Å². The molecule has 0 bridgehead atoms. The fourth-order valence-electron chi connectivity index (χ4n) is 3.14. The summed E-state index contributed by atoms with van der Waals surface area (Å²) in [4.78, 5) is 33.6. The second-order valence-electron chi connectivity index (χ2n) is 7.23. The Morgan fingerprint density at radius 3 is 2.35 bits per heavy atom. The molecule has 0 saturated carbocycles. The summed E-state index contributed by atoms with van der Waals surface area (Å²) in [5.74, 6) is -2.64. The van der Waals surface area contributed by atoms with Crippen molar-refractivity contribution >= 4 is 17.4 Å². The number of aryl methyl sites for hydroxylation is 2. The molecule has 0 aliphatic rings. The van der Waals surface area contributed by atoms with Crippen LogP contribution < -0.4 is 4.90 Å². The van der Waals surface area contributed by atoms with Gasteiger partial charge in [0.1, 0.15) is 5.69 Å². The van der Waals surface area contributed by atoms with Crippen molar-refractivity contribution in [2.75, 3.05) is 11.9 Å². The molecule has 2 aromatic heterocycles. The topological polar surface area (TPSA) is 63.2 Å². The maximum absolute atomic E-state index is 14.7. The number of pyridine rings is 2. The van der Waals surface area contributed by atoms with E-state index in [9.17, 15) is 18.4 Å². The average Bonchev–Trinajstić information content (AvgIpc) is 2.79. The summed E-state index contributed by atoms with van der Waals surface area (Å²) in [6.45, 7) is 3.54. The van der Waals surface area contributed by atoms with Gasteiger partial charge in [-0.2, -0.15) is 0 Å². The first kappa shape index (κ1) is 22.2. The summed E-state index contributed by atoms with van der Waals surface area (Å²) < 4.78 is 29.2. The standard InChI is InChI=1S/C24H23F2N3O2/c1-4-22(31)29(3)20-11-9-18(23(25)24(20)26)17-8-10-19(28-14-17)21(30)12-7-16-6-5-15(2)27-13-16/h5-6,8-11,13-14H,4,7,12H2,1-3H3. The zero-order valence-corrected chi connectivity index (χ0v) is 17.7. The highest BCUT2D eigenvalue weighted by atomic mass is 19.2. The lowest BCUT2D eigenvalue weighted by Gasteiger charge is -2.18. The van der Waals surface area contributed by atoms with E-state index in [1.165, 1.54) is 37.5 Å². The first-order valence-electron chi connectivity index (χ1n) is 9.97. The predicted octanol–water partition coefficient (Wildman–Crippen LogP) is 4.92. The minimum absolute atomic E-state index is 0.0100. The smallest absolute Gasteiger partial charge is 0.226 e. The molecule has 0 aliphatic carbocycles. The number of anilines is 1. The largest absolute Gasteiger partial charge is 0.313 e. The zero-order valence-electron chi connectivity index (χ0n) is 17.7. The van der Waals surface area contributed by atoms with E-state index in [0.717, 1.165) is 16.2 Å². The van der Waals surface area contributed by atoms with Crippen LogP contribution in [-0.4, -0.2) is 28.7 Å². The quantitative estimate of drug-likeness (QED) is 0.506. The Labute approximate surface area is 179 Å². The molecule has 0 saturated heterocycles. The van der Waals surface area contributed by atoms with Crippen molar-refractivity contribution in [3.63, 3.8) is 0 Å². The van der Waals surface area contributed by atoms with Crippen molar-refractivity contribution in [3.05, 3.63) is 77.4 Å². The molecular formula is C24H23F2N3O2. The fraction of sp³-hybridized carbons (Fsp3) is 0.250. The van der Waals surface area contributed by atoms with Crippen LogP contribution in [-0.2, 0) is 11.2 Å². The molecule has 31 heavy (non-hydrogen) atoms. The van der Waals surface area contributed by atoms with Crippen molar-refractivity contribution in [1.82, 2.24) is 9.97 Å². The van der Waals surface area contributed by atoms with Crippen LogP contribution in [0, 0.1) is 18.6 Å². The number of Topliss-reactive ketones (excluding diaryl/α,β-unsaturated/α-hetero) is 1. The summed E-state index contributed by atoms with van der Waals surface area (Å²) in [7, 11) is 1.40. The molecule has 0 spiro atoms. The Morgan fingerprint density at radius 1 is 0.968 bits per heavy atom. The predicted molar refractivity (Wildman–Crippen MR) is 115 cm³/mol. The van der Waals surface area contributed by atoms with Crippen LogP contribution in [0.15, 0.2) is 48.8 Å². The number of ketones is 1. The fourth-order valence-corrected chi connectivity index (χ4v) is 3.14. The van der Waals surface area contributed by atoms with E-state index in [4.69, 9.17) is 0 Å². The number of carbonyl (C=O) groups is 2. The molecule has 0 aliphatic heterocycles. The van der Waals surface area contributed by atoms with Crippen LogP contribution in [0.5, 0.6) is 0 Å². The van der Waals surface area contributed by atoms with E-state index in [0.29, 0.717) is 12.0 Å². The van der Waals surface area contributed by atoms with Gasteiger partial charge < -0.3 is 4.90 Å². The Hall–Kier alpha value is -3.48. The lowest BCUT2D eigenvalue weighted by molar-refractivity contribution is -0.118. The third-order valence-corrected chi connectivity index (χ3v) is 5.07. The summed E-state index contributed by atoms with van der Waals surface area (Å²) in [5, 5.41) is 0. The van der Waals surface area contributed by atoms with E-state index < -0.39 is 11.6 Å². The molecule has 5 nitrogen and oxygen atoms in total. The number of hydrogen-bond donors (Lipinski definition) is 0. The lowest BCUT2D eigenvalue weighted by atomic mass is 10.0. The highest BCUT2D eigenvalue weighted by molar-refractivity contribution is 5.95. The maximum atomic E-state index is 14.7. The minimum atomic E-state index is -1.10.